The monoisotopic (exact) mass is 336 g/mol. The van der Waals surface area contributed by atoms with Gasteiger partial charge in [0.05, 0.1) is 5.56 Å². The molecule has 0 radical (unpaired) electrons. The molecular weight excluding hydrogens is 313 g/mol. The number of likely N-dealkylation sites (N-methyl/N-ethyl adjacent to an activating group) is 1. The van der Waals surface area contributed by atoms with Gasteiger partial charge >= 0.3 is 6.18 Å². The fraction of sp³-hybridized carbons (Fsp3) is 0.474. The Morgan fingerprint density at radius 3 is 2.62 bits per heavy atom. The molecule has 1 aromatic carbocycles. The third-order valence-electron chi connectivity index (χ3n) is 4.73. The molecule has 0 saturated carbocycles. The molecule has 1 heterocycles. The summed E-state index contributed by atoms with van der Waals surface area (Å²) in [4.78, 5) is 0. The first-order valence-electron chi connectivity index (χ1n) is 8.54. The molecule has 0 saturated heterocycles. The zero-order valence-electron chi connectivity index (χ0n) is 13.9. The number of benzene rings is 1. The Morgan fingerprint density at radius 2 is 1.88 bits per heavy atom. The SMILES string of the molecule is CNCCn1c(-c2cccc(C(F)(F)F)c2)cc2c1CCCCC2. The van der Waals surface area contributed by atoms with E-state index >= 15 is 0 Å². The maximum Gasteiger partial charge on any atom is 0.416 e. The second-order valence-electron chi connectivity index (χ2n) is 6.40. The minimum atomic E-state index is -4.31. The van der Waals surface area contributed by atoms with E-state index in [1.165, 1.54) is 29.8 Å². The van der Waals surface area contributed by atoms with E-state index in [-0.39, 0.29) is 0 Å². The molecule has 1 aromatic heterocycles. The van der Waals surface area contributed by atoms with Crippen LogP contribution in [0.5, 0.6) is 0 Å². The van der Waals surface area contributed by atoms with Crippen molar-refractivity contribution in [3.05, 3.63) is 47.2 Å². The average molecular weight is 336 g/mol. The minimum Gasteiger partial charge on any atom is -0.343 e. The van der Waals surface area contributed by atoms with Gasteiger partial charge in [-0.25, -0.2) is 0 Å². The predicted octanol–water partition coefficient (Wildman–Crippen LogP) is 4.66. The Kier molecular flexibility index (Phi) is 4.99. The van der Waals surface area contributed by atoms with Crippen molar-refractivity contribution < 1.29 is 13.2 Å². The number of nitrogens with one attached hydrogen (secondary N) is 1. The van der Waals surface area contributed by atoms with Crippen molar-refractivity contribution in [2.45, 2.75) is 44.8 Å². The summed E-state index contributed by atoms with van der Waals surface area (Å²) in [6, 6.07) is 7.78. The Hall–Kier alpha value is -1.75. The van der Waals surface area contributed by atoms with Gasteiger partial charge in [0.25, 0.3) is 0 Å². The lowest BCUT2D eigenvalue weighted by Gasteiger charge is -2.15. The van der Waals surface area contributed by atoms with Gasteiger partial charge in [-0.3, -0.25) is 0 Å². The first kappa shape index (κ1) is 17.1. The Morgan fingerprint density at radius 1 is 1.08 bits per heavy atom. The third kappa shape index (κ3) is 3.51. The van der Waals surface area contributed by atoms with Gasteiger partial charge in [0.1, 0.15) is 0 Å². The van der Waals surface area contributed by atoms with Gasteiger partial charge in [0.2, 0.25) is 0 Å². The number of alkyl halides is 3. The highest BCUT2D eigenvalue weighted by Crippen LogP contribution is 2.35. The highest BCUT2D eigenvalue weighted by atomic mass is 19.4. The summed E-state index contributed by atoms with van der Waals surface area (Å²) in [5, 5.41) is 3.14. The largest absolute Gasteiger partial charge is 0.416 e. The lowest BCUT2D eigenvalue weighted by Crippen LogP contribution is -2.17. The van der Waals surface area contributed by atoms with Gasteiger partial charge < -0.3 is 9.88 Å². The molecule has 0 fully saturated rings. The Bertz CT molecular complexity index is 701. The zero-order valence-corrected chi connectivity index (χ0v) is 13.9. The normalized spacial score (nSPS) is 15.2. The van der Waals surface area contributed by atoms with E-state index in [9.17, 15) is 13.2 Å². The molecule has 2 aromatic rings. The summed E-state index contributed by atoms with van der Waals surface area (Å²) in [5.41, 5.74) is 3.57. The van der Waals surface area contributed by atoms with E-state index in [1.54, 1.807) is 6.07 Å². The molecule has 0 spiro atoms. The molecule has 0 amide bonds. The molecule has 3 rings (SSSR count). The van der Waals surface area contributed by atoms with E-state index < -0.39 is 11.7 Å². The molecule has 1 aliphatic rings. The van der Waals surface area contributed by atoms with Gasteiger partial charge in [-0.2, -0.15) is 13.2 Å². The van der Waals surface area contributed by atoms with Crippen molar-refractivity contribution in [2.24, 2.45) is 0 Å². The maximum atomic E-state index is 13.1. The molecule has 1 aliphatic carbocycles. The molecule has 24 heavy (non-hydrogen) atoms. The van der Waals surface area contributed by atoms with E-state index in [0.717, 1.165) is 50.5 Å². The highest BCUT2D eigenvalue weighted by Gasteiger charge is 2.30. The molecule has 2 nitrogen and oxygen atoms in total. The summed E-state index contributed by atoms with van der Waals surface area (Å²) < 4.78 is 41.4. The second kappa shape index (κ2) is 7.01. The van der Waals surface area contributed by atoms with Crippen LogP contribution in [0.4, 0.5) is 13.2 Å². The molecular formula is C19H23F3N2. The molecule has 1 N–H and O–H groups in total. The van der Waals surface area contributed by atoms with Crippen LogP contribution in [0.2, 0.25) is 0 Å². The van der Waals surface area contributed by atoms with Crippen molar-refractivity contribution in [1.29, 1.82) is 0 Å². The van der Waals surface area contributed by atoms with Crippen LogP contribution in [0, 0.1) is 0 Å². The predicted molar refractivity (Wildman–Crippen MR) is 90.1 cm³/mol. The van der Waals surface area contributed by atoms with Crippen molar-refractivity contribution in [2.75, 3.05) is 13.6 Å². The second-order valence-corrected chi connectivity index (χ2v) is 6.40. The van der Waals surface area contributed by atoms with Gasteiger partial charge in [-0.1, -0.05) is 18.6 Å². The number of nitrogens with zero attached hydrogens (tertiary/aromatic N) is 1. The molecule has 0 aliphatic heterocycles. The molecule has 5 heteroatoms. The quantitative estimate of drug-likeness (QED) is 0.804. The summed E-state index contributed by atoms with van der Waals surface area (Å²) >= 11 is 0. The van der Waals surface area contributed by atoms with Crippen molar-refractivity contribution in [3.63, 3.8) is 0 Å². The summed E-state index contributed by atoms with van der Waals surface area (Å²) in [5.74, 6) is 0. The van der Waals surface area contributed by atoms with Crippen LogP contribution in [0.25, 0.3) is 11.3 Å². The van der Waals surface area contributed by atoms with Crippen LogP contribution < -0.4 is 5.32 Å². The Balaban J connectivity index is 2.07. The minimum absolute atomic E-state index is 0.587. The molecule has 0 bridgehead atoms. The first-order chi connectivity index (χ1) is 11.5. The van der Waals surface area contributed by atoms with Crippen LogP contribution in [0.15, 0.2) is 30.3 Å². The smallest absolute Gasteiger partial charge is 0.343 e. The van der Waals surface area contributed by atoms with Crippen LogP contribution in [0.1, 0.15) is 36.1 Å². The summed E-state index contributed by atoms with van der Waals surface area (Å²) in [6.07, 6.45) is 1.25. The number of hydrogen-bond donors (Lipinski definition) is 1. The average Bonchev–Trinajstić information content (AvgIpc) is 2.73. The van der Waals surface area contributed by atoms with Crippen molar-refractivity contribution in [3.8, 4) is 11.3 Å². The van der Waals surface area contributed by atoms with E-state index in [2.05, 4.69) is 16.0 Å². The molecule has 0 atom stereocenters. The van der Waals surface area contributed by atoms with Gasteiger partial charge in [-0.05, 0) is 62.1 Å². The van der Waals surface area contributed by atoms with Gasteiger partial charge in [0.15, 0.2) is 0 Å². The first-order valence-corrected chi connectivity index (χ1v) is 8.54. The van der Waals surface area contributed by atoms with E-state index in [0.29, 0.717) is 5.56 Å². The Labute approximate surface area is 140 Å². The third-order valence-corrected chi connectivity index (χ3v) is 4.73. The van der Waals surface area contributed by atoms with Crippen molar-refractivity contribution in [1.82, 2.24) is 9.88 Å². The summed E-state index contributed by atoms with van der Waals surface area (Å²) in [7, 11) is 1.89. The number of aryl methyl sites for hydroxylation is 1. The fourth-order valence-electron chi connectivity index (χ4n) is 3.51. The number of rotatable bonds is 4. The van der Waals surface area contributed by atoms with E-state index in [4.69, 9.17) is 0 Å². The molecule has 130 valence electrons. The van der Waals surface area contributed by atoms with Crippen LogP contribution in [-0.2, 0) is 25.6 Å². The highest BCUT2D eigenvalue weighted by molar-refractivity contribution is 5.64. The van der Waals surface area contributed by atoms with Crippen LogP contribution in [-0.4, -0.2) is 18.2 Å². The standard InChI is InChI=1S/C19H23F3N2/c1-23-10-11-24-17-9-4-2-3-6-15(17)13-18(24)14-7-5-8-16(12-14)19(20,21)22/h5,7-8,12-13,23H,2-4,6,9-11H2,1H3. The number of fused-ring (bicyclic) bond motifs is 1. The lowest BCUT2D eigenvalue weighted by atomic mass is 10.1. The van der Waals surface area contributed by atoms with E-state index in [1.807, 2.05) is 7.05 Å². The fourth-order valence-corrected chi connectivity index (χ4v) is 3.51. The zero-order chi connectivity index (χ0) is 17.2. The van der Waals surface area contributed by atoms with Gasteiger partial charge in [0, 0.05) is 24.5 Å². The van der Waals surface area contributed by atoms with Crippen LogP contribution >= 0.6 is 0 Å². The lowest BCUT2D eigenvalue weighted by molar-refractivity contribution is -0.137. The van der Waals surface area contributed by atoms with Gasteiger partial charge in [-0.15, -0.1) is 0 Å². The topological polar surface area (TPSA) is 17.0 Å². The summed E-state index contributed by atoms with van der Waals surface area (Å²) in [6.45, 7) is 1.57. The van der Waals surface area contributed by atoms with Crippen LogP contribution in [0.3, 0.4) is 0 Å². The number of hydrogen-bond acceptors (Lipinski definition) is 1. The number of aromatic nitrogens is 1. The maximum absolute atomic E-state index is 13.1. The van der Waals surface area contributed by atoms with Crippen molar-refractivity contribution >= 4 is 0 Å². The number of halogens is 3. The molecule has 0 unspecified atom stereocenters.